The zero-order valence-electron chi connectivity index (χ0n) is 12.9. The van der Waals surface area contributed by atoms with Crippen LogP contribution in [0.2, 0.25) is 0 Å². The molecule has 1 saturated heterocycles. The SMILES string of the molecule is O=C1C2CC3C(Cl)=C(Cl)C(Cl)=C(Cl)C3CC2C(=O)N1c1ccccc1. The predicted molar refractivity (Wildman–Crippen MR) is 99.6 cm³/mol. The van der Waals surface area contributed by atoms with Crippen LogP contribution in [0.1, 0.15) is 12.8 Å². The molecule has 7 heteroatoms. The Bertz CT molecular complexity index is 783. The molecule has 2 aliphatic carbocycles. The van der Waals surface area contributed by atoms with Gasteiger partial charge in [-0.3, -0.25) is 14.5 Å². The standard InChI is InChI=1S/C18H13Cl4NO2/c19-13-9-6-11-12(7-10(9)14(20)16(22)15(13)21)18(25)23(17(11)24)8-4-2-1-3-5-8/h1-5,9-12H,6-7H2. The van der Waals surface area contributed by atoms with E-state index in [1.165, 1.54) is 4.90 Å². The van der Waals surface area contributed by atoms with Gasteiger partial charge in [0.15, 0.2) is 0 Å². The molecule has 0 bridgehead atoms. The van der Waals surface area contributed by atoms with E-state index in [9.17, 15) is 9.59 Å². The van der Waals surface area contributed by atoms with Crippen molar-refractivity contribution < 1.29 is 9.59 Å². The van der Waals surface area contributed by atoms with Crippen LogP contribution in [0.15, 0.2) is 50.5 Å². The Kier molecular flexibility index (Phi) is 4.40. The molecule has 1 heterocycles. The van der Waals surface area contributed by atoms with Crippen molar-refractivity contribution in [2.24, 2.45) is 23.7 Å². The molecule has 130 valence electrons. The molecule has 1 aromatic rings. The van der Waals surface area contributed by atoms with Gasteiger partial charge in [-0.25, -0.2) is 0 Å². The number of halogens is 4. The number of anilines is 1. The average Bonchev–Trinajstić information content (AvgIpc) is 2.88. The fourth-order valence-corrected chi connectivity index (χ4v) is 5.37. The molecule has 2 amide bonds. The molecule has 4 rings (SSSR count). The van der Waals surface area contributed by atoms with Crippen molar-refractivity contribution in [3.63, 3.8) is 0 Å². The molecule has 2 fully saturated rings. The zero-order chi connectivity index (χ0) is 17.9. The number of hydrogen-bond acceptors (Lipinski definition) is 2. The lowest BCUT2D eigenvalue weighted by molar-refractivity contribution is -0.122. The summed E-state index contributed by atoms with van der Waals surface area (Å²) in [7, 11) is 0. The van der Waals surface area contributed by atoms with Crippen LogP contribution in [-0.2, 0) is 9.59 Å². The first kappa shape index (κ1) is 17.4. The van der Waals surface area contributed by atoms with E-state index in [1.807, 2.05) is 6.07 Å². The molecule has 4 unspecified atom stereocenters. The maximum Gasteiger partial charge on any atom is 0.237 e. The fraction of sp³-hybridized carbons (Fsp3) is 0.333. The normalized spacial score (nSPS) is 32.2. The van der Waals surface area contributed by atoms with Gasteiger partial charge in [-0.1, -0.05) is 64.6 Å². The van der Waals surface area contributed by atoms with Gasteiger partial charge in [-0.15, -0.1) is 0 Å². The monoisotopic (exact) mass is 415 g/mol. The first-order valence-corrected chi connectivity index (χ1v) is 9.46. The number of rotatable bonds is 1. The summed E-state index contributed by atoms with van der Waals surface area (Å²) in [4.78, 5) is 27.1. The minimum absolute atomic E-state index is 0.183. The van der Waals surface area contributed by atoms with Crippen LogP contribution in [0.3, 0.4) is 0 Å². The van der Waals surface area contributed by atoms with Crippen LogP contribution < -0.4 is 4.90 Å². The second kappa shape index (κ2) is 6.31. The summed E-state index contributed by atoms with van der Waals surface area (Å²) in [5, 5.41) is 1.34. The van der Waals surface area contributed by atoms with Crippen LogP contribution in [-0.4, -0.2) is 11.8 Å². The van der Waals surface area contributed by atoms with E-state index in [0.29, 0.717) is 28.6 Å². The molecular formula is C18H13Cl4NO2. The van der Waals surface area contributed by atoms with Crippen molar-refractivity contribution >= 4 is 63.9 Å². The molecule has 25 heavy (non-hydrogen) atoms. The lowest BCUT2D eigenvalue weighted by Gasteiger charge is -2.39. The number of carbonyl (C=O) groups is 2. The minimum atomic E-state index is -0.409. The summed E-state index contributed by atoms with van der Waals surface area (Å²) >= 11 is 25.1. The summed E-state index contributed by atoms with van der Waals surface area (Å²) in [6.45, 7) is 0. The molecule has 1 saturated carbocycles. The number of fused-ring (bicyclic) bond motifs is 2. The highest BCUT2D eigenvalue weighted by atomic mass is 35.5. The number of benzene rings is 1. The molecule has 3 aliphatic rings. The highest BCUT2D eigenvalue weighted by Crippen LogP contribution is 2.55. The molecule has 4 atom stereocenters. The van der Waals surface area contributed by atoms with E-state index >= 15 is 0 Å². The third kappa shape index (κ3) is 2.56. The molecule has 0 spiro atoms. The second-order valence-corrected chi connectivity index (χ2v) is 8.14. The number of amides is 2. The first-order valence-electron chi connectivity index (χ1n) is 7.95. The Morgan fingerprint density at radius 3 is 1.60 bits per heavy atom. The molecule has 0 aromatic heterocycles. The van der Waals surface area contributed by atoms with Gasteiger partial charge in [0, 0.05) is 21.9 Å². The third-order valence-electron chi connectivity index (χ3n) is 5.34. The van der Waals surface area contributed by atoms with Gasteiger partial charge in [0.05, 0.1) is 27.6 Å². The number of nitrogens with zero attached hydrogens (tertiary/aromatic N) is 1. The van der Waals surface area contributed by atoms with Crippen molar-refractivity contribution in [1.82, 2.24) is 0 Å². The topological polar surface area (TPSA) is 37.4 Å². The smallest absolute Gasteiger partial charge is 0.237 e. The van der Waals surface area contributed by atoms with Gasteiger partial charge in [0.25, 0.3) is 0 Å². The summed E-state index contributed by atoms with van der Waals surface area (Å²) in [6.07, 6.45) is 0.886. The van der Waals surface area contributed by atoms with Crippen molar-refractivity contribution in [1.29, 1.82) is 0 Å². The Morgan fingerprint density at radius 2 is 1.16 bits per heavy atom. The van der Waals surface area contributed by atoms with Crippen LogP contribution in [0.4, 0.5) is 5.69 Å². The minimum Gasteiger partial charge on any atom is -0.274 e. The van der Waals surface area contributed by atoms with Gasteiger partial charge < -0.3 is 0 Å². The molecule has 0 N–H and O–H groups in total. The van der Waals surface area contributed by atoms with Crippen molar-refractivity contribution in [2.45, 2.75) is 12.8 Å². The van der Waals surface area contributed by atoms with E-state index in [0.717, 1.165) is 0 Å². The molecule has 1 aromatic carbocycles. The van der Waals surface area contributed by atoms with E-state index in [2.05, 4.69) is 0 Å². The van der Waals surface area contributed by atoms with E-state index in [1.54, 1.807) is 24.3 Å². The second-order valence-electron chi connectivity index (χ2n) is 6.57. The van der Waals surface area contributed by atoms with E-state index in [-0.39, 0.29) is 33.7 Å². The molecule has 0 radical (unpaired) electrons. The maximum absolute atomic E-state index is 12.9. The van der Waals surface area contributed by atoms with Crippen molar-refractivity contribution in [2.75, 3.05) is 4.90 Å². The Morgan fingerprint density at radius 1 is 0.720 bits per heavy atom. The Hall–Kier alpha value is -1.00. The highest BCUT2D eigenvalue weighted by molar-refractivity contribution is 6.51. The van der Waals surface area contributed by atoms with E-state index in [4.69, 9.17) is 46.4 Å². The van der Waals surface area contributed by atoms with Gasteiger partial charge in [0.1, 0.15) is 0 Å². The number of para-hydroxylation sites is 1. The zero-order valence-corrected chi connectivity index (χ0v) is 15.9. The summed E-state index contributed by atoms with van der Waals surface area (Å²) in [6, 6.07) is 8.96. The predicted octanol–water partition coefficient (Wildman–Crippen LogP) is 5.21. The summed E-state index contributed by atoms with van der Waals surface area (Å²) in [5.74, 6) is -1.55. The number of carbonyl (C=O) groups excluding carboxylic acids is 2. The van der Waals surface area contributed by atoms with Gasteiger partial charge >= 0.3 is 0 Å². The Balaban J connectivity index is 1.71. The summed E-state index contributed by atoms with van der Waals surface area (Å²) < 4.78 is 0. The van der Waals surface area contributed by atoms with Gasteiger partial charge in [0.2, 0.25) is 11.8 Å². The molecule has 3 nitrogen and oxygen atoms in total. The van der Waals surface area contributed by atoms with E-state index < -0.39 is 11.8 Å². The Labute approximate surface area is 165 Å². The maximum atomic E-state index is 12.9. The fourth-order valence-electron chi connectivity index (χ4n) is 4.12. The quantitative estimate of drug-likeness (QED) is 0.589. The first-order chi connectivity index (χ1) is 11.9. The van der Waals surface area contributed by atoms with Crippen LogP contribution >= 0.6 is 46.4 Å². The number of imide groups is 1. The van der Waals surface area contributed by atoms with Crippen molar-refractivity contribution in [3.8, 4) is 0 Å². The summed E-state index contributed by atoms with van der Waals surface area (Å²) in [5.41, 5.74) is 0.592. The van der Waals surface area contributed by atoms with Crippen LogP contribution in [0.25, 0.3) is 0 Å². The lowest BCUT2D eigenvalue weighted by atomic mass is 9.67. The van der Waals surface area contributed by atoms with Gasteiger partial charge in [-0.05, 0) is 25.0 Å². The highest BCUT2D eigenvalue weighted by Gasteiger charge is 2.55. The number of hydrogen-bond donors (Lipinski definition) is 0. The van der Waals surface area contributed by atoms with Crippen molar-refractivity contribution in [3.05, 3.63) is 50.5 Å². The average molecular weight is 417 g/mol. The third-order valence-corrected chi connectivity index (χ3v) is 7.35. The molecular weight excluding hydrogens is 404 g/mol. The lowest BCUT2D eigenvalue weighted by Crippen LogP contribution is -2.35. The molecule has 1 aliphatic heterocycles. The van der Waals surface area contributed by atoms with Crippen LogP contribution in [0, 0.1) is 23.7 Å². The number of allylic oxidation sites excluding steroid dienone is 4. The van der Waals surface area contributed by atoms with Crippen LogP contribution in [0.5, 0.6) is 0 Å². The largest absolute Gasteiger partial charge is 0.274 e. The van der Waals surface area contributed by atoms with Gasteiger partial charge in [-0.2, -0.15) is 0 Å².